The zero-order valence-corrected chi connectivity index (χ0v) is 17.6. The maximum Gasteiger partial charge on any atom is 0.230 e. The number of likely N-dealkylation sites (tertiary alicyclic amines) is 1. The molecule has 158 valence electrons. The van der Waals surface area contributed by atoms with E-state index in [4.69, 9.17) is 23.2 Å². The summed E-state index contributed by atoms with van der Waals surface area (Å²) in [4.78, 5) is 34.8. The van der Waals surface area contributed by atoms with Crippen molar-refractivity contribution in [2.24, 2.45) is 10.9 Å². The summed E-state index contributed by atoms with van der Waals surface area (Å²) in [5.74, 6) is 1.18. The molecule has 31 heavy (non-hydrogen) atoms. The Kier molecular flexibility index (Phi) is 5.09. The molecule has 11 heteroatoms. The maximum absolute atomic E-state index is 12.6. The summed E-state index contributed by atoms with van der Waals surface area (Å²) in [6.07, 6.45) is 4.72. The van der Waals surface area contributed by atoms with Gasteiger partial charge in [-0.3, -0.25) is 4.79 Å². The van der Waals surface area contributed by atoms with Crippen molar-refractivity contribution < 1.29 is 9.90 Å². The van der Waals surface area contributed by atoms with Crippen LogP contribution in [0.2, 0.25) is 10.0 Å². The van der Waals surface area contributed by atoms with Crippen molar-refractivity contribution in [1.82, 2.24) is 24.8 Å². The highest BCUT2D eigenvalue weighted by Gasteiger charge is 2.33. The zero-order valence-electron chi connectivity index (χ0n) is 16.1. The average Bonchev–Trinajstić information content (AvgIpc) is 3.16. The quantitative estimate of drug-likeness (QED) is 0.556. The van der Waals surface area contributed by atoms with E-state index in [1.807, 2.05) is 0 Å². The minimum absolute atomic E-state index is 0.0271. The molecule has 9 nitrogen and oxygen atoms in total. The van der Waals surface area contributed by atoms with Gasteiger partial charge in [-0.15, -0.1) is 0 Å². The summed E-state index contributed by atoms with van der Waals surface area (Å²) in [5, 5.41) is 13.6. The molecule has 2 aliphatic rings. The Morgan fingerprint density at radius 3 is 2.74 bits per heavy atom. The molecule has 1 fully saturated rings. The number of imidazole rings is 1. The SMILES string of the molecule is O=C(C1C=CN=C(Nc2ncnc3nc(-c4c(Cl)cccc4Cl)[nH]c23)C1)N1CC(O)C1. The number of halogens is 2. The molecule has 0 radical (unpaired) electrons. The molecule has 0 bridgehead atoms. The second kappa shape index (κ2) is 7.92. The van der Waals surface area contributed by atoms with Crippen LogP contribution in [-0.2, 0) is 4.79 Å². The van der Waals surface area contributed by atoms with Crippen molar-refractivity contribution in [1.29, 1.82) is 0 Å². The van der Waals surface area contributed by atoms with Gasteiger partial charge in [0.25, 0.3) is 0 Å². The van der Waals surface area contributed by atoms with Crippen molar-refractivity contribution in [2.45, 2.75) is 12.5 Å². The third-order valence-corrected chi connectivity index (χ3v) is 5.83. The summed E-state index contributed by atoms with van der Waals surface area (Å²) >= 11 is 12.6. The number of carbonyl (C=O) groups is 1. The normalized spacial score (nSPS) is 18.7. The number of aliphatic hydroxyl groups is 1. The minimum atomic E-state index is -0.432. The summed E-state index contributed by atoms with van der Waals surface area (Å²) < 4.78 is 0. The molecule has 1 atom stereocenters. The van der Waals surface area contributed by atoms with Crippen molar-refractivity contribution >= 4 is 51.9 Å². The highest BCUT2D eigenvalue weighted by atomic mass is 35.5. The van der Waals surface area contributed by atoms with Crippen LogP contribution < -0.4 is 5.32 Å². The predicted molar refractivity (Wildman–Crippen MR) is 118 cm³/mol. The second-order valence-corrected chi connectivity index (χ2v) is 8.17. The average molecular weight is 458 g/mol. The van der Waals surface area contributed by atoms with Gasteiger partial charge in [-0.2, -0.15) is 0 Å². The summed E-state index contributed by atoms with van der Waals surface area (Å²) in [7, 11) is 0. The van der Waals surface area contributed by atoms with Gasteiger partial charge in [-0.25, -0.2) is 19.9 Å². The van der Waals surface area contributed by atoms with Gasteiger partial charge in [0.2, 0.25) is 5.91 Å². The van der Waals surface area contributed by atoms with Crippen molar-refractivity contribution in [3.05, 3.63) is 46.8 Å². The Morgan fingerprint density at radius 2 is 2.00 bits per heavy atom. The van der Waals surface area contributed by atoms with Gasteiger partial charge in [-0.1, -0.05) is 35.3 Å². The highest BCUT2D eigenvalue weighted by Crippen LogP contribution is 2.34. The maximum atomic E-state index is 12.6. The largest absolute Gasteiger partial charge is 0.389 e. The Labute approximate surface area is 186 Å². The molecule has 2 aromatic heterocycles. The lowest BCUT2D eigenvalue weighted by Crippen LogP contribution is -2.55. The second-order valence-electron chi connectivity index (χ2n) is 7.35. The number of aromatic amines is 1. The van der Waals surface area contributed by atoms with Crippen LogP contribution in [-0.4, -0.2) is 60.9 Å². The number of rotatable bonds is 3. The molecule has 1 aromatic carbocycles. The summed E-state index contributed by atoms with van der Waals surface area (Å²) in [5.41, 5.74) is 1.59. The van der Waals surface area contributed by atoms with Gasteiger partial charge >= 0.3 is 0 Å². The van der Waals surface area contributed by atoms with E-state index >= 15 is 0 Å². The van der Waals surface area contributed by atoms with E-state index in [0.717, 1.165) is 0 Å². The number of carbonyl (C=O) groups excluding carboxylic acids is 1. The number of benzene rings is 1. The van der Waals surface area contributed by atoms with Crippen molar-refractivity contribution in [3.63, 3.8) is 0 Å². The molecular formula is C20H17Cl2N7O2. The van der Waals surface area contributed by atoms with Gasteiger partial charge < -0.3 is 20.3 Å². The van der Waals surface area contributed by atoms with Crippen LogP contribution in [0.5, 0.6) is 0 Å². The van der Waals surface area contributed by atoms with Crippen molar-refractivity contribution in [3.8, 4) is 11.4 Å². The fourth-order valence-electron chi connectivity index (χ4n) is 3.59. The van der Waals surface area contributed by atoms with Gasteiger partial charge in [0.05, 0.1) is 27.6 Å². The van der Waals surface area contributed by atoms with E-state index in [1.54, 1.807) is 35.4 Å². The van der Waals surface area contributed by atoms with Gasteiger partial charge in [0.1, 0.15) is 23.5 Å². The number of amides is 1. The first-order valence-corrected chi connectivity index (χ1v) is 10.4. The van der Waals surface area contributed by atoms with Crippen LogP contribution >= 0.6 is 23.2 Å². The molecule has 1 unspecified atom stereocenters. The van der Waals surface area contributed by atoms with E-state index in [1.165, 1.54) is 6.33 Å². The number of hydrogen-bond donors (Lipinski definition) is 3. The molecule has 1 amide bonds. The molecule has 1 saturated heterocycles. The number of fused-ring (bicyclic) bond motifs is 1. The van der Waals surface area contributed by atoms with Crippen LogP contribution in [0.25, 0.3) is 22.6 Å². The van der Waals surface area contributed by atoms with Gasteiger partial charge in [0.15, 0.2) is 11.5 Å². The van der Waals surface area contributed by atoms with E-state index in [0.29, 0.717) is 63.8 Å². The molecule has 0 aliphatic carbocycles. The number of aliphatic imine (C=N–C) groups is 1. The third-order valence-electron chi connectivity index (χ3n) is 5.20. The molecule has 0 spiro atoms. The first-order chi connectivity index (χ1) is 15.0. The number of aliphatic hydroxyl groups excluding tert-OH is 1. The summed E-state index contributed by atoms with van der Waals surface area (Å²) in [6.45, 7) is 0.744. The number of H-pyrrole nitrogens is 1. The minimum Gasteiger partial charge on any atom is -0.389 e. The fraction of sp³-hybridized carbons (Fsp3) is 0.250. The van der Waals surface area contributed by atoms with Crippen LogP contribution in [0.15, 0.2) is 41.8 Å². The smallest absolute Gasteiger partial charge is 0.230 e. The highest BCUT2D eigenvalue weighted by molar-refractivity contribution is 6.39. The third kappa shape index (κ3) is 3.76. The van der Waals surface area contributed by atoms with Crippen molar-refractivity contribution in [2.75, 3.05) is 18.4 Å². The predicted octanol–water partition coefficient (Wildman–Crippen LogP) is 2.87. The first-order valence-electron chi connectivity index (χ1n) is 9.62. The Balaban J connectivity index is 1.40. The Bertz CT molecular complexity index is 1210. The van der Waals surface area contributed by atoms with Gasteiger partial charge in [0, 0.05) is 25.7 Å². The lowest BCUT2D eigenvalue weighted by Gasteiger charge is -2.38. The Morgan fingerprint density at radius 1 is 1.23 bits per heavy atom. The molecular weight excluding hydrogens is 441 g/mol. The molecule has 4 heterocycles. The number of nitrogens with zero attached hydrogens (tertiary/aromatic N) is 5. The van der Waals surface area contributed by atoms with Crippen LogP contribution in [0, 0.1) is 5.92 Å². The van der Waals surface area contributed by atoms with E-state index in [2.05, 4.69) is 30.2 Å². The topological polar surface area (TPSA) is 119 Å². The van der Waals surface area contributed by atoms with Gasteiger partial charge in [-0.05, 0) is 12.1 Å². The number of amidine groups is 1. The Hall–Kier alpha value is -3.01. The monoisotopic (exact) mass is 457 g/mol. The zero-order chi connectivity index (χ0) is 21.5. The van der Waals surface area contributed by atoms with Crippen LogP contribution in [0.1, 0.15) is 6.42 Å². The molecule has 3 aromatic rings. The van der Waals surface area contributed by atoms with E-state index < -0.39 is 6.10 Å². The molecule has 5 rings (SSSR count). The standard InChI is InChI=1S/C20H17Cl2N7O2/c21-12-2-1-3-13(22)15(12)17-27-16-18(24-9-25-19(16)28-17)26-14-6-10(4-5-23-14)20(31)29-7-11(30)8-29/h1-5,9-11,30H,6-8H2,(H2,23,24,25,26,27,28). The fourth-order valence-corrected chi connectivity index (χ4v) is 4.17. The van der Waals surface area contributed by atoms with Crippen LogP contribution in [0.4, 0.5) is 5.82 Å². The molecule has 2 aliphatic heterocycles. The summed E-state index contributed by atoms with van der Waals surface area (Å²) in [6, 6.07) is 5.23. The number of nitrogens with one attached hydrogen (secondary N) is 2. The van der Waals surface area contributed by atoms with E-state index in [9.17, 15) is 9.90 Å². The number of anilines is 1. The number of β-amino-alcohol motifs (C(OH)–C–C–N with tert-alkyl or cyclic N) is 1. The molecule has 3 N–H and O–H groups in total. The van der Waals surface area contributed by atoms with Crippen LogP contribution in [0.3, 0.4) is 0 Å². The number of aromatic nitrogens is 4. The first kappa shape index (κ1) is 19.9. The number of hydrogen-bond acceptors (Lipinski definition) is 7. The lowest BCUT2D eigenvalue weighted by molar-refractivity contribution is -0.144. The lowest BCUT2D eigenvalue weighted by atomic mass is 9.98. The molecule has 0 saturated carbocycles. The van der Waals surface area contributed by atoms with E-state index in [-0.39, 0.29) is 11.8 Å².